The van der Waals surface area contributed by atoms with Crippen molar-refractivity contribution in [3.63, 3.8) is 0 Å². The summed E-state index contributed by atoms with van der Waals surface area (Å²) in [6.45, 7) is 0.955. The molecule has 1 aliphatic rings. The summed E-state index contributed by atoms with van der Waals surface area (Å²) in [6.07, 6.45) is 2.19. The molecule has 0 bridgehead atoms. The molecule has 2 aromatic rings. The van der Waals surface area contributed by atoms with Crippen molar-refractivity contribution in [2.75, 3.05) is 11.9 Å². The first-order valence-corrected chi connectivity index (χ1v) is 7.31. The van der Waals surface area contributed by atoms with Gasteiger partial charge in [0.1, 0.15) is 17.4 Å². The number of benzene rings is 2. The lowest BCUT2D eigenvalue weighted by molar-refractivity contribution is 0.481. The maximum absolute atomic E-state index is 9.24. The molecule has 3 rings (SSSR count). The van der Waals surface area contributed by atoms with E-state index in [1.54, 1.807) is 0 Å². The van der Waals surface area contributed by atoms with Gasteiger partial charge in [-0.15, -0.1) is 0 Å². The van der Waals surface area contributed by atoms with E-state index in [2.05, 4.69) is 33.4 Å². The monoisotopic (exact) mass is 328 g/mol. The predicted octanol–water partition coefficient (Wildman–Crippen LogP) is 4.47. The summed E-state index contributed by atoms with van der Waals surface area (Å²) >= 11 is 3.38. The summed E-state index contributed by atoms with van der Waals surface area (Å²) in [6, 6.07) is 13.7. The van der Waals surface area contributed by atoms with E-state index in [0.29, 0.717) is 11.3 Å². The van der Waals surface area contributed by atoms with Crippen LogP contribution < -0.4 is 10.1 Å². The van der Waals surface area contributed by atoms with Gasteiger partial charge in [-0.1, -0.05) is 18.2 Å². The number of halogens is 1. The van der Waals surface area contributed by atoms with Crippen LogP contribution in [0.15, 0.2) is 40.9 Å². The van der Waals surface area contributed by atoms with Crippen LogP contribution in [0, 0.1) is 11.3 Å². The minimum absolute atomic E-state index is 0.515. The molecule has 3 nitrogen and oxygen atoms in total. The minimum atomic E-state index is 0.515. The third-order valence-electron chi connectivity index (χ3n) is 3.34. The molecule has 1 aliphatic heterocycles. The van der Waals surface area contributed by atoms with Crippen molar-refractivity contribution < 1.29 is 4.74 Å². The number of para-hydroxylation sites is 1. The van der Waals surface area contributed by atoms with E-state index in [1.165, 1.54) is 5.56 Å². The molecule has 0 radical (unpaired) electrons. The Balaban J connectivity index is 2.01. The highest BCUT2D eigenvalue weighted by atomic mass is 79.9. The maximum atomic E-state index is 9.24. The van der Waals surface area contributed by atoms with Crippen molar-refractivity contribution in [3.8, 4) is 17.6 Å². The summed E-state index contributed by atoms with van der Waals surface area (Å²) < 4.78 is 6.71. The SMILES string of the molecule is N#Cc1c(Br)cccc1Oc1cccc2c1NCCC2. The molecule has 2 aromatic carbocycles. The first kappa shape index (κ1) is 13.0. The molecule has 20 heavy (non-hydrogen) atoms. The number of aryl methyl sites for hydroxylation is 1. The molecule has 1 N–H and O–H groups in total. The van der Waals surface area contributed by atoms with Crippen LogP contribution in [0.3, 0.4) is 0 Å². The third-order valence-corrected chi connectivity index (χ3v) is 4.01. The number of nitriles is 1. The lowest BCUT2D eigenvalue weighted by Crippen LogP contribution is -2.12. The van der Waals surface area contributed by atoms with Gasteiger partial charge in [-0.2, -0.15) is 5.26 Å². The fraction of sp³-hybridized carbons (Fsp3) is 0.188. The normalized spacial score (nSPS) is 13.0. The lowest BCUT2D eigenvalue weighted by atomic mass is 10.0. The highest BCUT2D eigenvalue weighted by molar-refractivity contribution is 9.10. The molecular formula is C16H13BrN2O. The van der Waals surface area contributed by atoms with Crippen molar-refractivity contribution in [1.82, 2.24) is 0 Å². The second kappa shape index (κ2) is 5.56. The topological polar surface area (TPSA) is 45.0 Å². The number of anilines is 1. The average Bonchev–Trinajstić information content (AvgIpc) is 2.48. The van der Waals surface area contributed by atoms with E-state index in [4.69, 9.17) is 4.74 Å². The Morgan fingerprint density at radius 1 is 1.15 bits per heavy atom. The van der Waals surface area contributed by atoms with Gasteiger partial charge < -0.3 is 10.1 Å². The molecule has 1 heterocycles. The Morgan fingerprint density at radius 3 is 2.80 bits per heavy atom. The number of fused-ring (bicyclic) bond motifs is 1. The Kier molecular flexibility index (Phi) is 3.62. The van der Waals surface area contributed by atoms with Gasteiger partial charge in [-0.3, -0.25) is 0 Å². The number of nitrogens with zero attached hydrogens (tertiary/aromatic N) is 1. The van der Waals surface area contributed by atoms with Crippen LogP contribution in [0.5, 0.6) is 11.5 Å². The second-order valence-electron chi connectivity index (χ2n) is 4.65. The van der Waals surface area contributed by atoms with Crippen LogP contribution in [0.2, 0.25) is 0 Å². The highest BCUT2D eigenvalue weighted by Crippen LogP contribution is 2.37. The molecule has 0 unspecified atom stereocenters. The average molecular weight is 329 g/mol. The van der Waals surface area contributed by atoms with Crippen molar-refractivity contribution in [3.05, 3.63) is 52.0 Å². The van der Waals surface area contributed by atoms with Gasteiger partial charge in [0.05, 0.1) is 5.69 Å². The second-order valence-corrected chi connectivity index (χ2v) is 5.50. The van der Waals surface area contributed by atoms with E-state index in [0.717, 1.165) is 35.3 Å². The standard InChI is InChI=1S/C16H13BrN2O/c17-13-6-2-7-14(12(13)10-18)20-15-8-1-4-11-5-3-9-19-16(11)15/h1-2,4,6-8,19H,3,5,9H2. The predicted molar refractivity (Wildman–Crippen MR) is 82.2 cm³/mol. The smallest absolute Gasteiger partial charge is 0.150 e. The van der Waals surface area contributed by atoms with E-state index in [9.17, 15) is 5.26 Å². The van der Waals surface area contributed by atoms with Gasteiger partial charge in [0.2, 0.25) is 0 Å². The molecule has 0 aromatic heterocycles. The van der Waals surface area contributed by atoms with Gasteiger partial charge in [-0.05, 0) is 52.5 Å². The first-order valence-electron chi connectivity index (χ1n) is 6.52. The van der Waals surface area contributed by atoms with Crippen molar-refractivity contribution in [2.24, 2.45) is 0 Å². The number of nitrogens with one attached hydrogen (secondary N) is 1. The van der Waals surface area contributed by atoms with Crippen LogP contribution in [0.25, 0.3) is 0 Å². The molecule has 0 aliphatic carbocycles. The van der Waals surface area contributed by atoms with Gasteiger partial charge in [0.15, 0.2) is 5.75 Å². The molecular weight excluding hydrogens is 316 g/mol. The lowest BCUT2D eigenvalue weighted by Gasteiger charge is -2.21. The van der Waals surface area contributed by atoms with E-state index in [-0.39, 0.29) is 0 Å². The summed E-state index contributed by atoms with van der Waals surface area (Å²) in [5.41, 5.74) is 2.82. The fourth-order valence-electron chi connectivity index (χ4n) is 2.38. The Morgan fingerprint density at radius 2 is 1.95 bits per heavy atom. The fourth-order valence-corrected chi connectivity index (χ4v) is 2.82. The van der Waals surface area contributed by atoms with Gasteiger partial charge >= 0.3 is 0 Å². The summed E-state index contributed by atoms with van der Waals surface area (Å²) in [7, 11) is 0. The molecule has 0 fully saturated rings. The van der Waals surface area contributed by atoms with Gasteiger partial charge in [0, 0.05) is 11.0 Å². The zero-order chi connectivity index (χ0) is 13.9. The number of hydrogen-bond donors (Lipinski definition) is 1. The zero-order valence-corrected chi connectivity index (χ0v) is 12.4. The van der Waals surface area contributed by atoms with Crippen molar-refractivity contribution in [2.45, 2.75) is 12.8 Å². The molecule has 0 atom stereocenters. The van der Waals surface area contributed by atoms with Crippen molar-refractivity contribution >= 4 is 21.6 Å². The van der Waals surface area contributed by atoms with Crippen LogP contribution >= 0.6 is 15.9 Å². The number of hydrogen-bond acceptors (Lipinski definition) is 3. The Hall–Kier alpha value is -1.99. The maximum Gasteiger partial charge on any atom is 0.150 e. The molecule has 0 saturated heterocycles. The number of ether oxygens (including phenoxy) is 1. The van der Waals surface area contributed by atoms with Crippen molar-refractivity contribution in [1.29, 1.82) is 5.26 Å². The molecule has 0 spiro atoms. The Bertz CT molecular complexity index is 691. The summed E-state index contributed by atoms with van der Waals surface area (Å²) in [5, 5.41) is 12.6. The zero-order valence-electron chi connectivity index (χ0n) is 10.8. The molecule has 4 heteroatoms. The van der Waals surface area contributed by atoms with Gasteiger partial charge in [0.25, 0.3) is 0 Å². The minimum Gasteiger partial charge on any atom is -0.454 e. The molecule has 0 saturated carbocycles. The Labute approximate surface area is 126 Å². The first-order chi connectivity index (χ1) is 9.79. The summed E-state index contributed by atoms with van der Waals surface area (Å²) in [5.74, 6) is 1.35. The summed E-state index contributed by atoms with van der Waals surface area (Å²) in [4.78, 5) is 0. The molecule has 0 amide bonds. The van der Waals surface area contributed by atoms with Crippen LogP contribution in [-0.4, -0.2) is 6.54 Å². The van der Waals surface area contributed by atoms with E-state index in [1.807, 2.05) is 30.3 Å². The van der Waals surface area contributed by atoms with Crippen LogP contribution in [0.4, 0.5) is 5.69 Å². The third kappa shape index (κ3) is 2.37. The van der Waals surface area contributed by atoms with Crippen LogP contribution in [-0.2, 0) is 6.42 Å². The van der Waals surface area contributed by atoms with E-state index < -0.39 is 0 Å². The quantitative estimate of drug-likeness (QED) is 0.884. The van der Waals surface area contributed by atoms with Gasteiger partial charge in [-0.25, -0.2) is 0 Å². The highest BCUT2D eigenvalue weighted by Gasteiger charge is 2.15. The largest absolute Gasteiger partial charge is 0.454 e. The molecule has 100 valence electrons. The van der Waals surface area contributed by atoms with Crippen LogP contribution in [0.1, 0.15) is 17.5 Å². The van der Waals surface area contributed by atoms with E-state index >= 15 is 0 Å². The number of rotatable bonds is 2.